The van der Waals surface area contributed by atoms with Crippen LogP contribution in [0.5, 0.6) is 0 Å². The molecule has 0 fully saturated rings. The van der Waals surface area contributed by atoms with Crippen LogP contribution < -0.4 is 10.2 Å². The molecule has 9 heteroatoms. The Bertz CT molecular complexity index is 944. The Morgan fingerprint density at radius 3 is 2.15 bits per heavy atom. The van der Waals surface area contributed by atoms with Gasteiger partial charge in [0.25, 0.3) is 5.91 Å². The molecule has 2 rings (SSSR count). The molecule has 140 valence electrons. The summed E-state index contributed by atoms with van der Waals surface area (Å²) in [6.45, 7) is 0. The van der Waals surface area contributed by atoms with Crippen LogP contribution >= 0.6 is 0 Å². The zero-order valence-electron chi connectivity index (χ0n) is 14.7. The van der Waals surface area contributed by atoms with Gasteiger partial charge in [-0.3, -0.25) is 4.79 Å². The Hall–Kier alpha value is -2.52. The van der Waals surface area contributed by atoms with Gasteiger partial charge in [0, 0.05) is 33.8 Å². The monoisotopic (exact) mass is 383 g/mol. The summed E-state index contributed by atoms with van der Waals surface area (Å²) in [5.74, 6) is -2.89. The van der Waals surface area contributed by atoms with E-state index in [1.54, 1.807) is 25.1 Å². The smallest absolute Gasteiger partial charge is 0.255 e. The third-order valence-corrected chi connectivity index (χ3v) is 5.47. The average Bonchev–Trinajstić information content (AvgIpc) is 2.56. The molecule has 0 heterocycles. The maximum Gasteiger partial charge on any atom is 0.255 e. The minimum absolute atomic E-state index is 0.00585. The molecule has 1 N–H and O–H groups in total. The Morgan fingerprint density at radius 2 is 1.62 bits per heavy atom. The van der Waals surface area contributed by atoms with Crippen molar-refractivity contribution in [3.63, 3.8) is 0 Å². The van der Waals surface area contributed by atoms with Crippen molar-refractivity contribution < 1.29 is 22.0 Å². The molecule has 0 unspecified atom stereocenters. The van der Waals surface area contributed by atoms with Crippen molar-refractivity contribution in [2.24, 2.45) is 0 Å². The molecular formula is C17H19F2N3O3S. The molecule has 0 spiro atoms. The standard InChI is InChI=1S/C17H19F2N3O3S/c1-21(2)16-8-6-12(26(24,25)22(3)4)10-15(16)20-17(23)11-5-7-13(18)14(19)9-11/h5-10H,1-4H3,(H,20,23). The molecule has 0 aliphatic carbocycles. The zero-order valence-corrected chi connectivity index (χ0v) is 15.6. The normalized spacial score (nSPS) is 11.5. The number of nitrogens with one attached hydrogen (secondary N) is 1. The Kier molecular flexibility index (Phi) is 5.62. The first-order valence-corrected chi connectivity index (χ1v) is 8.98. The van der Waals surface area contributed by atoms with Gasteiger partial charge < -0.3 is 10.2 Å². The molecule has 1 amide bonds. The highest BCUT2D eigenvalue weighted by atomic mass is 32.2. The molecule has 0 aliphatic rings. The Labute approximate surface area is 151 Å². The van der Waals surface area contributed by atoms with Crippen molar-refractivity contribution in [1.82, 2.24) is 4.31 Å². The lowest BCUT2D eigenvalue weighted by Crippen LogP contribution is -2.23. The van der Waals surface area contributed by atoms with Gasteiger partial charge in [0.2, 0.25) is 10.0 Å². The van der Waals surface area contributed by atoms with Crippen LogP contribution in [0.25, 0.3) is 0 Å². The number of carbonyl (C=O) groups excluding carboxylic acids is 1. The summed E-state index contributed by atoms with van der Waals surface area (Å²) < 4.78 is 52.1. The Morgan fingerprint density at radius 1 is 0.962 bits per heavy atom. The van der Waals surface area contributed by atoms with E-state index in [1.807, 2.05) is 0 Å². The summed E-state index contributed by atoms with van der Waals surface area (Å²) in [4.78, 5) is 14.1. The molecule has 0 saturated heterocycles. The van der Waals surface area contributed by atoms with E-state index in [0.717, 1.165) is 22.5 Å². The third-order valence-electron chi connectivity index (χ3n) is 3.66. The van der Waals surface area contributed by atoms with Crippen molar-refractivity contribution in [3.05, 3.63) is 53.6 Å². The Balaban J connectivity index is 2.46. The van der Waals surface area contributed by atoms with Gasteiger partial charge in [0.15, 0.2) is 11.6 Å². The zero-order chi connectivity index (χ0) is 19.6. The SMILES string of the molecule is CN(C)c1ccc(S(=O)(=O)N(C)C)cc1NC(=O)c1ccc(F)c(F)c1. The predicted octanol–water partition coefficient (Wildman–Crippen LogP) is 2.53. The van der Waals surface area contributed by atoms with Crippen molar-refractivity contribution in [2.75, 3.05) is 38.4 Å². The van der Waals surface area contributed by atoms with Gasteiger partial charge in [-0.05, 0) is 36.4 Å². The second-order valence-corrected chi connectivity index (χ2v) is 8.10. The van der Waals surface area contributed by atoms with Gasteiger partial charge in [0.05, 0.1) is 16.3 Å². The van der Waals surface area contributed by atoms with Crippen LogP contribution in [0.4, 0.5) is 20.2 Å². The molecule has 0 radical (unpaired) electrons. The minimum Gasteiger partial charge on any atom is -0.376 e. The van der Waals surface area contributed by atoms with Gasteiger partial charge in [0.1, 0.15) is 0 Å². The number of benzene rings is 2. The van der Waals surface area contributed by atoms with Crippen LogP contribution in [0.2, 0.25) is 0 Å². The molecule has 0 atom stereocenters. The number of hydrogen-bond donors (Lipinski definition) is 1. The predicted molar refractivity (Wildman–Crippen MR) is 96.0 cm³/mol. The number of anilines is 2. The number of sulfonamides is 1. The van der Waals surface area contributed by atoms with Crippen LogP contribution in [0, 0.1) is 11.6 Å². The fraction of sp³-hybridized carbons (Fsp3) is 0.235. The van der Waals surface area contributed by atoms with E-state index < -0.39 is 27.6 Å². The quantitative estimate of drug-likeness (QED) is 0.862. The number of carbonyl (C=O) groups is 1. The lowest BCUT2D eigenvalue weighted by Gasteiger charge is -2.20. The number of rotatable bonds is 5. The van der Waals surface area contributed by atoms with E-state index >= 15 is 0 Å². The maximum atomic E-state index is 13.3. The summed E-state index contributed by atoms with van der Waals surface area (Å²) in [5, 5.41) is 2.55. The first-order chi connectivity index (χ1) is 12.0. The molecule has 0 aliphatic heterocycles. The van der Waals surface area contributed by atoms with Crippen LogP contribution in [0.3, 0.4) is 0 Å². The van der Waals surface area contributed by atoms with E-state index in [0.29, 0.717) is 5.69 Å². The van der Waals surface area contributed by atoms with Crippen LogP contribution in [0.1, 0.15) is 10.4 Å². The van der Waals surface area contributed by atoms with Crippen molar-refractivity contribution in [2.45, 2.75) is 4.90 Å². The number of hydrogen-bond acceptors (Lipinski definition) is 4. The van der Waals surface area contributed by atoms with Gasteiger partial charge >= 0.3 is 0 Å². The fourth-order valence-corrected chi connectivity index (χ4v) is 3.14. The molecule has 6 nitrogen and oxygen atoms in total. The van der Waals surface area contributed by atoms with Gasteiger partial charge in [-0.25, -0.2) is 21.5 Å². The van der Waals surface area contributed by atoms with E-state index in [4.69, 9.17) is 0 Å². The van der Waals surface area contributed by atoms with Crippen molar-refractivity contribution in [3.8, 4) is 0 Å². The topological polar surface area (TPSA) is 69.7 Å². The van der Waals surface area contributed by atoms with Crippen molar-refractivity contribution >= 4 is 27.3 Å². The first-order valence-electron chi connectivity index (χ1n) is 7.54. The summed E-state index contributed by atoms with van der Waals surface area (Å²) in [7, 11) is 2.54. The van der Waals surface area contributed by atoms with Gasteiger partial charge in [-0.15, -0.1) is 0 Å². The molecule has 0 saturated carbocycles. The van der Waals surface area contributed by atoms with Crippen LogP contribution in [-0.4, -0.2) is 46.8 Å². The van der Waals surface area contributed by atoms with Gasteiger partial charge in [-0.1, -0.05) is 0 Å². The largest absolute Gasteiger partial charge is 0.376 e. The second kappa shape index (κ2) is 7.38. The molecule has 0 aromatic heterocycles. The number of halogens is 2. The van der Waals surface area contributed by atoms with Crippen LogP contribution in [-0.2, 0) is 10.0 Å². The molecule has 2 aromatic rings. The van der Waals surface area contributed by atoms with E-state index in [9.17, 15) is 22.0 Å². The van der Waals surface area contributed by atoms with E-state index in [2.05, 4.69) is 5.32 Å². The first kappa shape index (κ1) is 19.8. The number of nitrogens with zero attached hydrogens (tertiary/aromatic N) is 2. The fourth-order valence-electron chi connectivity index (χ4n) is 2.21. The third kappa shape index (κ3) is 4.00. The summed E-state index contributed by atoms with van der Waals surface area (Å²) >= 11 is 0. The van der Waals surface area contributed by atoms with E-state index in [-0.39, 0.29) is 16.1 Å². The summed E-state index contributed by atoms with van der Waals surface area (Å²) in [6, 6.07) is 7.07. The highest BCUT2D eigenvalue weighted by Crippen LogP contribution is 2.29. The average molecular weight is 383 g/mol. The molecule has 26 heavy (non-hydrogen) atoms. The highest BCUT2D eigenvalue weighted by Gasteiger charge is 2.20. The molecule has 2 aromatic carbocycles. The minimum atomic E-state index is -3.70. The van der Waals surface area contributed by atoms with Crippen LogP contribution in [0.15, 0.2) is 41.3 Å². The highest BCUT2D eigenvalue weighted by molar-refractivity contribution is 7.89. The van der Waals surface area contributed by atoms with Gasteiger partial charge in [-0.2, -0.15) is 0 Å². The van der Waals surface area contributed by atoms with E-state index in [1.165, 1.54) is 26.2 Å². The van der Waals surface area contributed by atoms with Crippen molar-refractivity contribution in [1.29, 1.82) is 0 Å². The maximum absolute atomic E-state index is 13.3. The molecule has 0 bridgehead atoms. The lowest BCUT2D eigenvalue weighted by molar-refractivity contribution is 0.102. The molecular weight excluding hydrogens is 364 g/mol. The lowest BCUT2D eigenvalue weighted by atomic mass is 10.2. The second-order valence-electron chi connectivity index (χ2n) is 5.94. The summed E-state index contributed by atoms with van der Waals surface area (Å²) in [6.07, 6.45) is 0. The number of amides is 1. The summed E-state index contributed by atoms with van der Waals surface area (Å²) in [5.41, 5.74) is 0.695.